The predicted octanol–water partition coefficient (Wildman–Crippen LogP) is 0.785. The molecule has 0 saturated heterocycles. The van der Waals surface area contributed by atoms with Crippen LogP contribution in [0.1, 0.15) is 12.8 Å². The van der Waals surface area contributed by atoms with Crippen molar-refractivity contribution in [2.45, 2.75) is 18.5 Å². The third-order valence-corrected chi connectivity index (χ3v) is 1.88. The Hall–Kier alpha value is 0.01000. The molecular formula is C4H10F2NO2P. The number of rotatable bonds is 4. The first-order valence-electron chi connectivity index (χ1n) is 2.82. The van der Waals surface area contributed by atoms with Gasteiger partial charge in [0.2, 0.25) is 0 Å². The summed E-state index contributed by atoms with van der Waals surface area (Å²) in [4.78, 5) is 8.06. The van der Waals surface area contributed by atoms with Crippen molar-refractivity contribution >= 4 is 8.03 Å². The van der Waals surface area contributed by atoms with Crippen LogP contribution in [0.2, 0.25) is 0 Å². The molecule has 0 saturated carbocycles. The van der Waals surface area contributed by atoms with E-state index in [-0.39, 0.29) is 13.0 Å². The van der Waals surface area contributed by atoms with Crippen molar-refractivity contribution in [3.8, 4) is 0 Å². The summed E-state index contributed by atoms with van der Waals surface area (Å²) in [6, 6.07) is 0. The molecule has 3 nitrogen and oxygen atoms in total. The van der Waals surface area contributed by atoms with E-state index in [9.17, 15) is 13.3 Å². The van der Waals surface area contributed by atoms with Crippen molar-refractivity contribution < 1.29 is 18.2 Å². The van der Waals surface area contributed by atoms with Gasteiger partial charge in [0.25, 0.3) is 8.03 Å². The Balaban J connectivity index is 3.75. The van der Waals surface area contributed by atoms with Crippen LogP contribution >= 0.6 is 8.03 Å². The maximum Gasteiger partial charge on any atom is 0.319 e. The second-order valence-corrected chi connectivity index (χ2v) is 3.24. The highest BCUT2D eigenvalue weighted by molar-refractivity contribution is 7.39. The first kappa shape index (κ1) is 10.0. The van der Waals surface area contributed by atoms with Crippen molar-refractivity contribution in [1.82, 2.24) is 0 Å². The minimum atomic E-state index is -3.72. The van der Waals surface area contributed by atoms with Crippen molar-refractivity contribution in [3.63, 3.8) is 0 Å². The molecule has 0 aromatic rings. The smallest absolute Gasteiger partial charge is 0.319 e. The third kappa shape index (κ3) is 3.25. The highest BCUT2D eigenvalue weighted by Gasteiger charge is 2.34. The molecule has 0 aliphatic heterocycles. The quantitative estimate of drug-likeness (QED) is 0.617. The number of nitrogens with two attached hydrogens (primary N) is 1. The fourth-order valence-corrected chi connectivity index (χ4v) is 0.822. The summed E-state index contributed by atoms with van der Waals surface area (Å²) in [5.74, 6) is 0. The lowest BCUT2D eigenvalue weighted by Gasteiger charge is -2.10. The van der Waals surface area contributed by atoms with Crippen molar-refractivity contribution in [3.05, 3.63) is 0 Å². The minimum absolute atomic E-state index is 0.0734. The van der Waals surface area contributed by atoms with Crippen molar-refractivity contribution in [2.24, 2.45) is 5.73 Å². The lowest BCUT2D eigenvalue weighted by molar-refractivity contribution is 0.0720. The van der Waals surface area contributed by atoms with Gasteiger partial charge >= 0.3 is 5.66 Å². The molecule has 0 amide bonds. The Kier molecular flexibility index (Phi) is 4.01. The fourth-order valence-electron chi connectivity index (χ4n) is 0.431. The summed E-state index contributed by atoms with van der Waals surface area (Å²) in [5, 5.41) is 0. The molecule has 0 aromatic carbocycles. The second-order valence-electron chi connectivity index (χ2n) is 1.90. The van der Waals surface area contributed by atoms with E-state index in [1.807, 2.05) is 0 Å². The molecule has 0 rings (SSSR count). The van der Waals surface area contributed by atoms with Gasteiger partial charge in [0.15, 0.2) is 0 Å². The summed E-state index contributed by atoms with van der Waals surface area (Å²) in [6.07, 6.45) is -0.526. The third-order valence-electron chi connectivity index (χ3n) is 1.01. The highest BCUT2D eigenvalue weighted by atomic mass is 31.1. The molecule has 1 atom stereocenters. The minimum Gasteiger partial charge on any atom is -0.342 e. The molecule has 0 radical (unpaired) electrons. The van der Waals surface area contributed by atoms with E-state index in [1.54, 1.807) is 0 Å². The number of hydrogen-bond donors (Lipinski definition) is 2. The lowest BCUT2D eigenvalue weighted by Crippen LogP contribution is -2.12. The van der Waals surface area contributed by atoms with Crippen LogP contribution in [0.25, 0.3) is 0 Å². The molecule has 6 heteroatoms. The second kappa shape index (κ2) is 4.01. The van der Waals surface area contributed by atoms with Crippen LogP contribution in [0, 0.1) is 0 Å². The number of alkyl halides is 2. The molecule has 0 heterocycles. The first-order chi connectivity index (χ1) is 4.50. The molecule has 1 unspecified atom stereocenters. The largest absolute Gasteiger partial charge is 0.342 e. The summed E-state index contributed by atoms with van der Waals surface area (Å²) in [6.45, 7) is 0.116. The molecule has 0 bridgehead atoms. The molecule has 0 spiro atoms. The van der Waals surface area contributed by atoms with Gasteiger partial charge < -0.3 is 10.6 Å². The Morgan fingerprint density at radius 1 is 1.60 bits per heavy atom. The SMILES string of the molecule is NCCCC(F)(F)[PH](=O)O. The van der Waals surface area contributed by atoms with Crippen LogP contribution in [-0.2, 0) is 4.57 Å². The molecular weight excluding hydrogens is 163 g/mol. The lowest BCUT2D eigenvalue weighted by atomic mass is 10.3. The van der Waals surface area contributed by atoms with Gasteiger partial charge in [-0.1, -0.05) is 0 Å². The van der Waals surface area contributed by atoms with Crippen LogP contribution in [0.3, 0.4) is 0 Å². The molecule has 0 fully saturated rings. The zero-order chi connectivity index (χ0) is 8.20. The van der Waals surface area contributed by atoms with Crippen LogP contribution in [0.15, 0.2) is 0 Å². The van der Waals surface area contributed by atoms with Crippen molar-refractivity contribution in [2.75, 3.05) is 6.54 Å². The monoisotopic (exact) mass is 173 g/mol. The van der Waals surface area contributed by atoms with E-state index in [0.29, 0.717) is 0 Å². The highest BCUT2D eigenvalue weighted by Crippen LogP contribution is 2.41. The number of halogens is 2. The van der Waals surface area contributed by atoms with E-state index < -0.39 is 20.1 Å². The zero-order valence-corrected chi connectivity index (χ0v) is 6.31. The first-order valence-corrected chi connectivity index (χ1v) is 4.17. The number of hydrogen-bond acceptors (Lipinski definition) is 2. The van der Waals surface area contributed by atoms with E-state index in [4.69, 9.17) is 10.6 Å². The average molecular weight is 173 g/mol. The van der Waals surface area contributed by atoms with E-state index in [0.717, 1.165) is 0 Å². The predicted molar refractivity (Wildman–Crippen MR) is 34.5 cm³/mol. The van der Waals surface area contributed by atoms with Gasteiger partial charge in [-0.3, -0.25) is 4.57 Å². The van der Waals surface area contributed by atoms with Gasteiger partial charge in [-0.25, -0.2) is 0 Å². The van der Waals surface area contributed by atoms with E-state index in [2.05, 4.69) is 0 Å². The molecule has 10 heavy (non-hydrogen) atoms. The molecule has 0 aliphatic rings. The molecule has 3 N–H and O–H groups in total. The average Bonchev–Trinajstić information content (AvgIpc) is 1.84. The molecule has 0 aromatic heterocycles. The van der Waals surface area contributed by atoms with E-state index >= 15 is 0 Å². The van der Waals surface area contributed by atoms with Gasteiger partial charge in [0.1, 0.15) is 0 Å². The van der Waals surface area contributed by atoms with Crippen LogP contribution in [0.5, 0.6) is 0 Å². The van der Waals surface area contributed by atoms with Gasteiger partial charge in [0, 0.05) is 6.42 Å². The maximum absolute atomic E-state index is 12.2. The molecule has 62 valence electrons. The van der Waals surface area contributed by atoms with Gasteiger partial charge in [0.05, 0.1) is 0 Å². The normalized spacial score (nSPS) is 15.2. The van der Waals surface area contributed by atoms with Crippen LogP contribution in [0.4, 0.5) is 8.78 Å². The van der Waals surface area contributed by atoms with E-state index in [1.165, 1.54) is 0 Å². The summed E-state index contributed by atoms with van der Waals surface area (Å²) in [5.41, 5.74) is 1.50. The van der Waals surface area contributed by atoms with Crippen molar-refractivity contribution in [1.29, 1.82) is 0 Å². The zero-order valence-electron chi connectivity index (χ0n) is 5.31. The van der Waals surface area contributed by atoms with Gasteiger partial charge in [-0.15, -0.1) is 0 Å². The maximum atomic E-state index is 12.2. The van der Waals surface area contributed by atoms with Crippen LogP contribution in [-0.4, -0.2) is 17.1 Å². The summed E-state index contributed by atoms with van der Waals surface area (Å²) < 4.78 is 34.2. The van der Waals surface area contributed by atoms with Gasteiger partial charge in [-0.2, -0.15) is 8.78 Å². The topological polar surface area (TPSA) is 63.3 Å². The summed E-state index contributed by atoms with van der Waals surface area (Å²) >= 11 is 0. The Morgan fingerprint density at radius 3 is 2.40 bits per heavy atom. The molecule has 0 aliphatic carbocycles. The Bertz CT molecular complexity index is 130. The standard InChI is InChI=1S/C4H10F2NO2P/c5-4(6,10(8)9)2-1-3-7/h10H,1-3,7H2,(H,8,9). The Labute approximate surface area is 58.1 Å². The van der Waals surface area contributed by atoms with Gasteiger partial charge in [-0.05, 0) is 13.0 Å². The fraction of sp³-hybridized carbons (Fsp3) is 1.00. The van der Waals surface area contributed by atoms with Crippen LogP contribution < -0.4 is 5.73 Å². The Morgan fingerprint density at radius 2 is 2.10 bits per heavy atom. The summed E-state index contributed by atoms with van der Waals surface area (Å²) in [7, 11) is -3.72.